The van der Waals surface area contributed by atoms with Crippen LogP contribution in [-0.2, 0) is 25.3 Å². The van der Waals surface area contributed by atoms with Gasteiger partial charge in [0.2, 0.25) is 5.91 Å². The molecule has 1 aromatic carbocycles. The van der Waals surface area contributed by atoms with Gasteiger partial charge in [-0.05, 0) is 31.0 Å². The molecule has 0 aliphatic rings. The number of aromatic nitrogens is 3. The number of alkyl halides is 3. The van der Waals surface area contributed by atoms with E-state index in [0.29, 0.717) is 25.8 Å². The number of nitrogens with zero attached hydrogens (tertiary/aromatic N) is 3. The van der Waals surface area contributed by atoms with E-state index in [-0.39, 0.29) is 23.7 Å². The fourth-order valence-corrected chi connectivity index (χ4v) is 2.58. The summed E-state index contributed by atoms with van der Waals surface area (Å²) in [6.45, 7) is 1.28. The summed E-state index contributed by atoms with van der Waals surface area (Å²) in [5.74, 6) is -1.52. The molecule has 0 radical (unpaired) electrons. The highest BCUT2D eigenvalue weighted by Crippen LogP contribution is 2.33. The van der Waals surface area contributed by atoms with Gasteiger partial charge in [0.1, 0.15) is 12.7 Å². The fourth-order valence-electron chi connectivity index (χ4n) is 2.58. The van der Waals surface area contributed by atoms with Crippen LogP contribution in [0.5, 0.6) is 0 Å². The molecule has 12 heteroatoms. The molecule has 31 heavy (non-hydrogen) atoms. The van der Waals surface area contributed by atoms with Crippen molar-refractivity contribution in [2.24, 2.45) is 0 Å². The second kappa shape index (κ2) is 11.1. The molecule has 0 aliphatic carbocycles. The van der Waals surface area contributed by atoms with E-state index in [1.807, 2.05) is 0 Å². The first-order chi connectivity index (χ1) is 14.7. The van der Waals surface area contributed by atoms with Crippen molar-refractivity contribution in [1.82, 2.24) is 20.1 Å². The molecule has 2 rings (SSSR count). The number of hydrogen-bond acceptors (Lipinski definition) is 6. The Morgan fingerprint density at radius 1 is 1.16 bits per heavy atom. The summed E-state index contributed by atoms with van der Waals surface area (Å²) in [5, 5.41) is 8.80. The van der Waals surface area contributed by atoms with Crippen LogP contribution in [0.3, 0.4) is 0 Å². The zero-order valence-corrected chi connectivity index (χ0v) is 16.7. The Hall–Kier alpha value is -3.44. The van der Waals surface area contributed by atoms with Crippen molar-refractivity contribution in [3.8, 4) is 5.69 Å². The zero-order chi connectivity index (χ0) is 22.9. The molecule has 0 spiro atoms. The molecule has 0 saturated carbocycles. The monoisotopic (exact) mass is 441 g/mol. The Balaban J connectivity index is 1.88. The van der Waals surface area contributed by atoms with Crippen molar-refractivity contribution in [2.45, 2.75) is 38.8 Å². The van der Waals surface area contributed by atoms with E-state index >= 15 is 0 Å². The van der Waals surface area contributed by atoms with Gasteiger partial charge in [0.25, 0.3) is 5.91 Å². The third kappa shape index (κ3) is 8.07. The molecule has 2 amide bonds. The first kappa shape index (κ1) is 23.8. The van der Waals surface area contributed by atoms with Crippen LogP contribution in [0.15, 0.2) is 30.9 Å². The van der Waals surface area contributed by atoms with Crippen LogP contribution in [0, 0.1) is 0 Å². The number of amides is 2. The Morgan fingerprint density at radius 3 is 2.58 bits per heavy atom. The van der Waals surface area contributed by atoms with Gasteiger partial charge in [-0.3, -0.25) is 14.4 Å². The summed E-state index contributed by atoms with van der Waals surface area (Å²) in [6, 6.07) is 2.78. The molecule has 1 heterocycles. The van der Waals surface area contributed by atoms with E-state index in [9.17, 15) is 27.6 Å². The average molecular weight is 441 g/mol. The first-order valence-electron chi connectivity index (χ1n) is 9.43. The number of nitrogens with one attached hydrogen (secondary N) is 2. The van der Waals surface area contributed by atoms with Gasteiger partial charge in [0, 0.05) is 19.9 Å². The number of ether oxygens (including phenoxy) is 1. The lowest BCUT2D eigenvalue weighted by atomic mass is 10.1. The van der Waals surface area contributed by atoms with Gasteiger partial charge in [-0.2, -0.15) is 18.3 Å². The van der Waals surface area contributed by atoms with Crippen molar-refractivity contribution >= 4 is 23.5 Å². The maximum absolute atomic E-state index is 13.0. The number of anilines is 1. The standard InChI is InChI=1S/C19H22F3N5O4/c1-13(28)24-8-4-2-3-5-18(30)31-10-17(29)26-15-9-14(19(20,21)22)6-7-16(15)27-12-23-11-25-27/h6-7,9,11-12H,2-5,8,10H2,1H3,(H,24,28)(H,26,29). The zero-order valence-electron chi connectivity index (χ0n) is 16.7. The number of esters is 1. The van der Waals surface area contributed by atoms with Gasteiger partial charge < -0.3 is 15.4 Å². The van der Waals surface area contributed by atoms with E-state index in [4.69, 9.17) is 4.74 Å². The molecule has 0 unspecified atom stereocenters. The normalized spacial score (nSPS) is 11.1. The van der Waals surface area contributed by atoms with Crippen molar-refractivity contribution in [2.75, 3.05) is 18.5 Å². The Kier molecular flexibility index (Phi) is 8.53. The fraction of sp³-hybridized carbons (Fsp3) is 0.421. The maximum Gasteiger partial charge on any atom is 0.416 e. The molecular formula is C19H22F3N5O4. The number of rotatable bonds is 10. The molecule has 0 atom stereocenters. The smallest absolute Gasteiger partial charge is 0.416 e. The van der Waals surface area contributed by atoms with Crippen molar-refractivity contribution < 1.29 is 32.3 Å². The van der Waals surface area contributed by atoms with Crippen LogP contribution in [0.1, 0.15) is 38.2 Å². The van der Waals surface area contributed by atoms with Crippen LogP contribution in [0.25, 0.3) is 5.69 Å². The highest BCUT2D eigenvalue weighted by Gasteiger charge is 2.31. The van der Waals surface area contributed by atoms with Gasteiger partial charge in [-0.1, -0.05) is 6.42 Å². The highest BCUT2D eigenvalue weighted by atomic mass is 19.4. The SMILES string of the molecule is CC(=O)NCCCCCC(=O)OCC(=O)Nc1cc(C(F)(F)F)ccc1-n1cncn1. The molecule has 168 valence electrons. The number of halogens is 3. The van der Waals surface area contributed by atoms with Gasteiger partial charge in [-0.15, -0.1) is 0 Å². The lowest BCUT2D eigenvalue weighted by Gasteiger charge is -2.14. The average Bonchev–Trinajstić information content (AvgIpc) is 3.22. The molecular weight excluding hydrogens is 419 g/mol. The lowest BCUT2D eigenvalue weighted by molar-refractivity contribution is -0.147. The summed E-state index contributed by atoms with van der Waals surface area (Å²) in [4.78, 5) is 38.3. The number of carbonyl (C=O) groups is 3. The summed E-state index contributed by atoms with van der Waals surface area (Å²) in [7, 11) is 0. The first-order valence-corrected chi connectivity index (χ1v) is 9.43. The second-order valence-corrected chi connectivity index (χ2v) is 6.57. The van der Waals surface area contributed by atoms with Crippen LogP contribution >= 0.6 is 0 Å². The quantitative estimate of drug-likeness (QED) is 0.432. The minimum atomic E-state index is -4.60. The number of carbonyl (C=O) groups excluding carboxylic acids is 3. The van der Waals surface area contributed by atoms with Gasteiger partial charge >= 0.3 is 12.1 Å². The van der Waals surface area contributed by atoms with E-state index in [1.165, 1.54) is 24.3 Å². The van der Waals surface area contributed by atoms with Crippen LogP contribution in [-0.4, -0.2) is 45.7 Å². The molecule has 2 N–H and O–H groups in total. The minimum absolute atomic E-state index is 0.0844. The molecule has 0 aliphatic heterocycles. The van der Waals surface area contributed by atoms with Gasteiger partial charge in [-0.25, -0.2) is 9.67 Å². The van der Waals surface area contributed by atoms with Crippen molar-refractivity contribution in [3.63, 3.8) is 0 Å². The molecule has 0 bridgehead atoms. The highest BCUT2D eigenvalue weighted by molar-refractivity contribution is 5.94. The third-order valence-corrected chi connectivity index (χ3v) is 4.06. The van der Waals surface area contributed by atoms with Gasteiger partial charge in [0.05, 0.1) is 16.9 Å². The Morgan fingerprint density at radius 2 is 1.94 bits per heavy atom. The van der Waals surface area contributed by atoms with Crippen molar-refractivity contribution in [1.29, 1.82) is 0 Å². The number of benzene rings is 1. The summed E-state index contributed by atoms with van der Waals surface area (Å²) in [5.41, 5.74) is -0.938. The van der Waals surface area contributed by atoms with Gasteiger partial charge in [0.15, 0.2) is 6.61 Å². The molecule has 0 fully saturated rings. The van der Waals surface area contributed by atoms with E-state index in [0.717, 1.165) is 18.2 Å². The second-order valence-electron chi connectivity index (χ2n) is 6.57. The Labute approximate surface area is 176 Å². The largest absolute Gasteiger partial charge is 0.456 e. The van der Waals surface area contributed by atoms with E-state index in [2.05, 4.69) is 20.7 Å². The predicted octanol–water partition coefficient (Wildman–Crippen LogP) is 2.46. The third-order valence-electron chi connectivity index (χ3n) is 4.06. The molecule has 1 aromatic heterocycles. The minimum Gasteiger partial charge on any atom is -0.456 e. The number of unbranched alkanes of at least 4 members (excludes halogenated alkanes) is 2. The predicted molar refractivity (Wildman–Crippen MR) is 103 cm³/mol. The molecule has 9 nitrogen and oxygen atoms in total. The molecule has 0 saturated heterocycles. The van der Waals surface area contributed by atoms with E-state index in [1.54, 1.807) is 0 Å². The van der Waals surface area contributed by atoms with Crippen LogP contribution in [0.4, 0.5) is 18.9 Å². The number of hydrogen-bond donors (Lipinski definition) is 2. The van der Waals surface area contributed by atoms with E-state index < -0.39 is 30.2 Å². The Bertz CT molecular complexity index is 900. The summed E-state index contributed by atoms with van der Waals surface area (Å²) < 4.78 is 45.2. The molecule has 2 aromatic rings. The lowest BCUT2D eigenvalue weighted by Crippen LogP contribution is -2.22. The van der Waals surface area contributed by atoms with Crippen LogP contribution < -0.4 is 10.6 Å². The van der Waals surface area contributed by atoms with Crippen LogP contribution in [0.2, 0.25) is 0 Å². The maximum atomic E-state index is 13.0. The topological polar surface area (TPSA) is 115 Å². The summed E-state index contributed by atoms with van der Waals surface area (Å²) in [6.07, 6.45) is -0.148. The summed E-state index contributed by atoms with van der Waals surface area (Å²) >= 11 is 0. The van der Waals surface area contributed by atoms with Crippen molar-refractivity contribution in [3.05, 3.63) is 36.4 Å².